The quantitative estimate of drug-likeness (QED) is 0.805. The Kier molecular flexibility index (Phi) is 4.09. The van der Waals surface area contributed by atoms with E-state index in [1.54, 1.807) is 10.8 Å². The molecule has 2 heterocycles. The van der Waals surface area contributed by atoms with E-state index in [-0.39, 0.29) is 18.2 Å². The van der Waals surface area contributed by atoms with Crippen LogP contribution in [0, 0.1) is 0 Å². The number of rotatable bonds is 4. The molecule has 0 amide bonds. The lowest BCUT2D eigenvalue weighted by atomic mass is 10.2. The largest absolute Gasteiger partial charge is 0.467 e. The zero-order chi connectivity index (χ0) is 14.8. The molecule has 0 N–H and O–H groups in total. The Morgan fingerprint density at radius 3 is 2.80 bits per heavy atom. The molecule has 108 valence electrons. The summed E-state index contributed by atoms with van der Waals surface area (Å²) in [4.78, 5) is 16.3. The van der Waals surface area contributed by atoms with Gasteiger partial charge in [0.2, 0.25) is 0 Å². The molecule has 0 saturated carbocycles. The lowest BCUT2D eigenvalue weighted by Gasteiger charge is -2.24. The van der Waals surface area contributed by atoms with Crippen molar-refractivity contribution in [3.05, 3.63) is 30.6 Å². The first-order valence-corrected chi connectivity index (χ1v) is 6.56. The maximum Gasteiger partial charge on any atom is 0.331 e. The van der Waals surface area contributed by atoms with Crippen LogP contribution in [0.3, 0.4) is 0 Å². The number of aromatic nitrogens is 2. The van der Waals surface area contributed by atoms with Gasteiger partial charge in [0.05, 0.1) is 19.3 Å². The van der Waals surface area contributed by atoms with Crippen LogP contribution in [-0.4, -0.2) is 34.8 Å². The minimum Gasteiger partial charge on any atom is -0.467 e. The summed E-state index contributed by atoms with van der Waals surface area (Å²) in [6.07, 6.45) is 3.54. The first-order valence-electron chi connectivity index (χ1n) is 6.56. The lowest BCUT2D eigenvalue weighted by Crippen LogP contribution is -2.30. The third-order valence-corrected chi connectivity index (χ3v) is 2.96. The standard InChI is InChI=1S/C15H20N2O3/c1-15(2,3)20-10-12(14(18)19-4)17-9-7-11-6-5-8-16-13(11)17/h5-9,12H,10H2,1-4H3. The van der Waals surface area contributed by atoms with Gasteiger partial charge in [-0.1, -0.05) is 0 Å². The highest BCUT2D eigenvalue weighted by molar-refractivity contribution is 5.80. The molecule has 2 rings (SSSR count). The van der Waals surface area contributed by atoms with Crippen molar-refractivity contribution in [2.24, 2.45) is 0 Å². The van der Waals surface area contributed by atoms with Crippen LogP contribution < -0.4 is 0 Å². The summed E-state index contributed by atoms with van der Waals surface area (Å²) in [5.41, 5.74) is 0.434. The monoisotopic (exact) mass is 276 g/mol. The maximum absolute atomic E-state index is 12.0. The normalized spacial score (nSPS) is 13.4. The molecule has 0 aliphatic rings. The molecule has 5 nitrogen and oxygen atoms in total. The van der Waals surface area contributed by atoms with Crippen LogP contribution in [0.15, 0.2) is 30.6 Å². The Labute approximate surface area is 118 Å². The Balaban J connectivity index is 2.33. The zero-order valence-corrected chi connectivity index (χ0v) is 12.3. The first kappa shape index (κ1) is 14.5. The van der Waals surface area contributed by atoms with Gasteiger partial charge >= 0.3 is 5.97 Å². The fraction of sp³-hybridized carbons (Fsp3) is 0.467. The molecule has 1 unspecified atom stereocenters. The second kappa shape index (κ2) is 5.63. The second-order valence-corrected chi connectivity index (χ2v) is 5.60. The number of fused-ring (bicyclic) bond motifs is 1. The fourth-order valence-corrected chi connectivity index (χ4v) is 1.96. The van der Waals surface area contributed by atoms with Crippen molar-refractivity contribution in [3.63, 3.8) is 0 Å². The average Bonchev–Trinajstić information content (AvgIpc) is 2.81. The van der Waals surface area contributed by atoms with E-state index < -0.39 is 6.04 Å². The highest BCUT2D eigenvalue weighted by Gasteiger charge is 2.25. The Morgan fingerprint density at radius 1 is 1.40 bits per heavy atom. The molecule has 2 aromatic heterocycles. The minimum atomic E-state index is -0.536. The number of carbonyl (C=O) groups excluding carboxylic acids is 1. The summed E-state index contributed by atoms with van der Waals surface area (Å²) in [6.45, 7) is 6.10. The van der Waals surface area contributed by atoms with Crippen LogP contribution in [0.25, 0.3) is 11.0 Å². The van der Waals surface area contributed by atoms with Crippen LogP contribution in [0.5, 0.6) is 0 Å². The predicted octanol–water partition coefficient (Wildman–Crippen LogP) is 2.57. The van der Waals surface area contributed by atoms with Crippen LogP contribution in [-0.2, 0) is 14.3 Å². The molecule has 0 aliphatic heterocycles. The average molecular weight is 276 g/mol. The van der Waals surface area contributed by atoms with E-state index in [9.17, 15) is 4.79 Å². The highest BCUT2D eigenvalue weighted by Crippen LogP contribution is 2.21. The van der Waals surface area contributed by atoms with Crippen LogP contribution in [0.1, 0.15) is 26.8 Å². The molecule has 0 aliphatic carbocycles. The van der Waals surface area contributed by atoms with E-state index in [2.05, 4.69) is 4.98 Å². The van der Waals surface area contributed by atoms with Crippen LogP contribution >= 0.6 is 0 Å². The molecule has 0 spiro atoms. The predicted molar refractivity (Wildman–Crippen MR) is 76.5 cm³/mol. The third kappa shape index (κ3) is 3.17. The lowest BCUT2D eigenvalue weighted by molar-refractivity contribution is -0.148. The number of pyridine rings is 1. The van der Waals surface area contributed by atoms with E-state index in [0.717, 1.165) is 11.0 Å². The van der Waals surface area contributed by atoms with Gasteiger partial charge in [-0.2, -0.15) is 0 Å². The molecule has 0 aromatic carbocycles. The van der Waals surface area contributed by atoms with Crippen LogP contribution in [0.2, 0.25) is 0 Å². The molecule has 0 bridgehead atoms. The molecule has 0 radical (unpaired) electrons. The molecular weight excluding hydrogens is 256 g/mol. The number of hydrogen-bond donors (Lipinski definition) is 0. The number of methoxy groups -OCH3 is 1. The molecule has 2 aromatic rings. The number of esters is 1. The van der Waals surface area contributed by atoms with Gasteiger partial charge in [-0.15, -0.1) is 0 Å². The van der Waals surface area contributed by atoms with Crippen molar-refractivity contribution in [2.75, 3.05) is 13.7 Å². The maximum atomic E-state index is 12.0. The van der Waals surface area contributed by atoms with Gasteiger partial charge in [0, 0.05) is 17.8 Å². The summed E-state index contributed by atoms with van der Waals surface area (Å²) in [5.74, 6) is -0.336. The molecule has 1 atom stereocenters. The van der Waals surface area contributed by atoms with E-state index in [1.165, 1.54) is 7.11 Å². The number of hydrogen-bond acceptors (Lipinski definition) is 4. The highest BCUT2D eigenvalue weighted by atomic mass is 16.5. The van der Waals surface area contributed by atoms with E-state index in [4.69, 9.17) is 9.47 Å². The molecule has 0 fully saturated rings. The molecule has 20 heavy (non-hydrogen) atoms. The van der Waals surface area contributed by atoms with Gasteiger partial charge in [0.1, 0.15) is 5.65 Å². The third-order valence-electron chi connectivity index (χ3n) is 2.96. The van der Waals surface area contributed by atoms with E-state index >= 15 is 0 Å². The van der Waals surface area contributed by atoms with Crippen LogP contribution in [0.4, 0.5) is 0 Å². The van der Waals surface area contributed by atoms with Gasteiger partial charge in [0.15, 0.2) is 6.04 Å². The topological polar surface area (TPSA) is 53.4 Å². The smallest absolute Gasteiger partial charge is 0.331 e. The Morgan fingerprint density at radius 2 is 2.15 bits per heavy atom. The number of nitrogens with zero attached hydrogens (tertiary/aromatic N) is 2. The zero-order valence-electron chi connectivity index (χ0n) is 12.3. The van der Waals surface area contributed by atoms with E-state index in [0.29, 0.717) is 0 Å². The second-order valence-electron chi connectivity index (χ2n) is 5.60. The Bertz CT molecular complexity index is 598. The van der Waals surface area contributed by atoms with Gasteiger partial charge in [-0.3, -0.25) is 0 Å². The summed E-state index contributed by atoms with van der Waals surface area (Å²) >= 11 is 0. The van der Waals surface area contributed by atoms with Gasteiger partial charge in [-0.25, -0.2) is 9.78 Å². The van der Waals surface area contributed by atoms with Crippen molar-refractivity contribution >= 4 is 17.0 Å². The SMILES string of the molecule is COC(=O)C(COC(C)(C)C)n1ccc2cccnc21. The molecular formula is C15H20N2O3. The summed E-state index contributed by atoms with van der Waals surface area (Å²) in [7, 11) is 1.38. The summed E-state index contributed by atoms with van der Waals surface area (Å²) in [5, 5.41) is 0.983. The Hall–Kier alpha value is -1.88. The first-order chi connectivity index (χ1) is 9.42. The molecule has 0 saturated heterocycles. The summed E-state index contributed by atoms with van der Waals surface area (Å²) in [6, 6.07) is 5.21. The van der Waals surface area contributed by atoms with Crippen molar-refractivity contribution in [3.8, 4) is 0 Å². The summed E-state index contributed by atoms with van der Waals surface area (Å²) < 4.78 is 12.4. The van der Waals surface area contributed by atoms with Gasteiger partial charge in [-0.05, 0) is 39.0 Å². The fourth-order valence-electron chi connectivity index (χ4n) is 1.96. The van der Waals surface area contributed by atoms with Crippen molar-refractivity contribution in [2.45, 2.75) is 32.4 Å². The molecule has 5 heteroatoms. The van der Waals surface area contributed by atoms with Gasteiger partial charge < -0.3 is 14.0 Å². The number of ether oxygens (including phenoxy) is 2. The van der Waals surface area contributed by atoms with Crippen molar-refractivity contribution in [1.29, 1.82) is 0 Å². The van der Waals surface area contributed by atoms with E-state index in [1.807, 2.05) is 45.2 Å². The minimum absolute atomic E-state index is 0.247. The van der Waals surface area contributed by atoms with Crippen molar-refractivity contribution < 1.29 is 14.3 Å². The van der Waals surface area contributed by atoms with Gasteiger partial charge in [0.25, 0.3) is 0 Å². The number of carbonyl (C=O) groups is 1. The van der Waals surface area contributed by atoms with Crippen molar-refractivity contribution in [1.82, 2.24) is 9.55 Å².